The first-order valence-electron chi connectivity index (χ1n) is 13.5. The maximum atomic E-state index is 14.8. The van der Waals surface area contributed by atoms with Crippen LogP contribution in [-0.4, -0.2) is 7.11 Å². The molecule has 0 aromatic heterocycles. The van der Waals surface area contributed by atoms with Gasteiger partial charge in [0.2, 0.25) is 0 Å². The molecule has 0 spiro atoms. The van der Waals surface area contributed by atoms with Crippen LogP contribution >= 0.6 is 0 Å². The number of unbranched alkanes of at least 4 members (excludes halogenated alkanes) is 6. The molecule has 2 aromatic carbocycles. The topological polar surface area (TPSA) is 33.0 Å². The standard InChI is InChI=1S/C31H42FNO/c1-4-6-7-8-9-10-11-12-23-13-15-25(16-14-23)26-18-19-28(27(21-26)22-33)29-20-17-24(5-2)30(32)31(29)34-3/h17-21,23,25H,4-16H2,1-3H3. The average molecular weight is 464 g/mol. The van der Waals surface area contributed by atoms with Gasteiger partial charge in [-0.1, -0.05) is 89.5 Å². The third kappa shape index (κ3) is 6.62. The Balaban J connectivity index is 1.60. The average Bonchev–Trinajstić information content (AvgIpc) is 2.88. The van der Waals surface area contributed by atoms with Crippen LogP contribution in [0.2, 0.25) is 0 Å². The van der Waals surface area contributed by atoms with Gasteiger partial charge in [0.15, 0.2) is 11.6 Å². The third-order valence-corrected chi connectivity index (χ3v) is 7.75. The van der Waals surface area contributed by atoms with E-state index in [1.54, 1.807) is 6.07 Å². The van der Waals surface area contributed by atoms with Crippen LogP contribution in [0.4, 0.5) is 4.39 Å². The minimum Gasteiger partial charge on any atom is -0.493 e. The Kier molecular flexibility index (Phi) is 10.4. The maximum Gasteiger partial charge on any atom is 0.168 e. The van der Waals surface area contributed by atoms with Crippen LogP contribution in [0.25, 0.3) is 11.1 Å². The van der Waals surface area contributed by atoms with E-state index >= 15 is 0 Å². The molecule has 0 heterocycles. The third-order valence-electron chi connectivity index (χ3n) is 7.75. The van der Waals surface area contributed by atoms with Crippen molar-refractivity contribution in [3.63, 3.8) is 0 Å². The highest BCUT2D eigenvalue weighted by molar-refractivity contribution is 5.77. The van der Waals surface area contributed by atoms with E-state index in [2.05, 4.69) is 19.1 Å². The van der Waals surface area contributed by atoms with Gasteiger partial charge >= 0.3 is 0 Å². The molecule has 1 aliphatic carbocycles. The summed E-state index contributed by atoms with van der Waals surface area (Å²) in [5.41, 5.74) is 3.88. The number of hydrogen-bond donors (Lipinski definition) is 0. The van der Waals surface area contributed by atoms with Crippen molar-refractivity contribution in [3.05, 3.63) is 52.8 Å². The van der Waals surface area contributed by atoms with Crippen molar-refractivity contribution in [1.29, 1.82) is 5.26 Å². The summed E-state index contributed by atoms with van der Waals surface area (Å²) in [5.74, 6) is 1.29. The zero-order valence-corrected chi connectivity index (χ0v) is 21.5. The number of halogens is 1. The lowest BCUT2D eigenvalue weighted by molar-refractivity contribution is 0.302. The Morgan fingerprint density at radius 3 is 2.24 bits per heavy atom. The summed E-state index contributed by atoms with van der Waals surface area (Å²) < 4.78 is 20.2. The molecule has 2 aromatic rings. The number of rotatable bonds is 12. The van der Waals surface area contributed by atoms with Gasteiger partial charge < -0.3 is 4.74 Å². The van der Waals surface area contributed by atoms with Crippen molar-refractivity contribution in [1.82, 2.24) is 0 Å². The Labute approximate surface area is 206 Å². The number of ether oxygens (including phenoxy) is 1. The molecule has 2 nitrogen and oxygen atoms in total. The van der Waals surface area contributed by atoms with Crippen LogP contribution < -0.4 is 4.74 Å². The summed E-state index contributed by atoms with van der Waals surface area (Å²) in [6, 6.07) is 12.2. The molecular formula is C31H42FNO. The van der Waals surface area contributed by atoms with Crippen molar-refractivity contribution in [3.8, 4) is 22.9 Å². The van der Waals surface area contributed by atoms with E-state index in [9.17, 15) is 9.65 Å². The molecule has 1 aliphatic rings. The Morgan fingerprint density at radius 2 is 1.59 bits per heavy atom. The quantitative estimate of drug-likeness (QED) is 0.294. The lowest BCUT2D eigenvalue weighted by Gasteiger charge is -2.29. The van der Waals surface area contributed by atoms with Crippen molar-refractivity contribution in [2.24, 2.45) is 5.92 Å². The highest BCUT2D eigenvalue weighted by Crippen LogP contribution is 2.41. The number of methoxy groups -OCH3 is 1. The monoisotopic (exact) mass is 463 g/mol. The molecule has 1 saturated carbocycles. The van der Waals surface area contributed by atoms with E-state index in [-0.39, 0.29) is 11.6 Å². The van der Waals surface area contributed by atoms with E-state index in [1.165, 1.54) is 89.7 Å². The zero-order valence-electron chi connectivity index (χ0n) is 21.5. The van der Waals surface area contributed by atoms with Gasteiger partial charge in [-0.3, -0.25) is 0 Å². The SMILES string of the molecule is CCCCCCCCCC1CCC(c2ccc(-c3ccc(CC)c(F)c3OC)c(C#N)c2)CC1. The highest BCUT2D eigenvalue weighted by Gasteiger charge is 2.24. The van der Waals surface area contributed by atoms with Crippen molar-refractivity contribution in [2.45, 2.75) is 103 Å². The number of nitriles is 1. The molecule has 0 atom stereocenters. The minimum absolute atomic E-state index is 0.231. The fraction of sp³-hybridized carbons (Fsp3) is 0.581. The van der Waals surface area contributed by atoms with Gasteiger partial charge in [0, 0.05) is 11.1 Å². The Bertz CT molecular complexity index is 953. The largest absolute Gasteiger partial charge is 0.493 e. The van der Waals surface area contributed by atoms with Gasteiger partial charge in [-0.2, -0.15) is 5.26 Å². The number of aryl methyl sites for hydroxylation is 1. The summed E-state index contributed by atoms with van der Waals surface area (Å²) in [6.07, 6.45) is 16.6. The van der Waals surface area contributed by atoms with Crippen molar-refractivity contribution < 1.29 is 9.13 Å². The fourth-order valence-corrected chi connectivity index (χ4v) is 5.60. The van der Waals surface area contributed by atoms with Crippen molar-refractivity contribution >= 4 is 0 Å². The first kappa shape index (κ1) is 26.3. The van der Waals surface area contributed by atoms with Gasteiger partial charge in [0.05, 0.1) is 18.7 Å². The van der Waals surface area contributed by atoms with Crippen LogP contribution in [0.3, 0.4) is 0 Å². The lowest BCUT2D eigenvalue weighted by atomic mass is 9.76. The molecule has 0 aliphatic heterocycles. The van der Waals surface area contributed by atoms with E-state index in [4.69, 9.17) is 4.74 Å². The number of hydrogen-bond acceptors (Lipinski definition) is 2. The molecule has 184 valence electrons. The Hall–Kier alpha value is -2.34. The van der Waals surface area contributed by atoms with E-state index in [0.717, 1.165) is 11.5 Å². The number of benzene rings is 2. The highest BCUT2D eigenvalue weighted by atomic mass is 19.1. The maximum absolute atomic E-state index is 14.8. The van der Waals surface area contributed by atoms with Crippen LogP contribution in [-0.2, 0) is 6.42 Å². The molecule has 0 radical (unpaired) electrons. The van der Waals surface area contributed by atoms with Gasteiger partial charge in [0.25, 0.3) is 0 Å². The first-order chi connectivity index (χ1) is 16.6. The molecular weight excluding hydrogens is 421 g/mol. The number of nitrogens with zero attached hydrogens (tertiary/aromatic N) is 1. The summed E-state index contributed by atoms with van der Waals surface area (Å²) in [6.45, 7) is 4.20. The molecule has 3 rings (SSSR count). The Morgan fingerprint density at radius 1 is 0.912 bits per heavy atom. The predicted octanol–water partition coefficient (Wildman–Crippen LogP) is 9.35. The minimum atomic E-state index is -0.324. The van der Waals surface area contributed by atoms with Gasteiger partial charge in [-0.15, -0.1) is 0 Å². The van der Waals surface area contributed by atoms with Crippen LogP contribution in [0.1, 0.15) is 114 Å². The summed E-state index contributed by atoms with van der Waals surface area (Å²) in [4.78, 5) is 0. The second kappa shape index (κ2) is 13.5. The van der Waals surface area contributed by atoms with Crippen LogP contribution in [0, 0.1) is 23.1 Å². The molecule has 0 saturated heterocycles. The molecule has 0 unspecified atom stereocenters. The normalized spacial score (nSPS) is 18.0. The van der Waals surface area contributed by atoms with E-state index < -0.39 is 0 Å². The smallest absolute Gasteiger partial charge is 0.168 e. The van der Waals surface area contributed by atoms with Gasteiger partial charge in [-0.05, 0) is 61.1 Å². The van der Waals surface area contributed by atoms with Crippen LogP contribution in [0.15, 0.2) is 30.3 Å². The molecule has 0 N–H and O–H groups in total. The zero-order chi connectivity index (χ0) is 24.3. The molecule has 1 fully saturated rings. The fourth-order valence-electron chi connectivity index (χ4n) is 5.60. The molecule has 3 heteroatoms. The second-order valence-corrected chi connectivity index (χ2v) is 10.0. The summed E-state index contributed by atoms with van der Waals surface area (Å²) in [7, 11) is 1.49. The molecule has 0 amide bonds. The van der Waals surface area contributed by atoms with Gasteiger partial charge in [-0.25, -0.2) is 4.39 Å². The molecule has 0 bridgehead atoms. The second-order valence-electron chi connectivity index (χ2n) is 10.0. The first-order valence-corrected chi connectivity index (χ1v) is 13.5. The van der Waals surface area contributed by atoms with Gasteiger partial charge in [0.1, 0.15) is 0 Å². The summed E-state index contributed by atoms with van der Waals surface area (Å²) in [5, 5.41) is 9.88. The van der Waals surface area contributed by atoms with Crippen molar-refractivity contribution in [2.75, 3.05) is 7.11 Å². The summed E-state index contributed by atoms with van der Waals surface area (Å²) >= 11 is 0. The van der Waals surface area contributed by atoms with Crippen LogP contribution in [0.5, 0.6) is 5.75 Å². The van der Waals surface area contributed by atoms with E-state index in [0.29, 0.717) is 29.0 Å². The lowest BCUT2D eigenvalue weighted by Crippen LogP contribution is -2.13. The molecule has 34 heavy (non-hydrogen) atoms. The predicted molar refractivity (Wildman–Crippen MR) is 140 cm³/mol. The van der Waals surface area contributed by atoms with E-state index in [1.807, 2.05) is 25.1 Å².